The Bertz CT molecular complexity index is 602. The van der Waals surface area contributed by atoms with Crippen LogP contribution in [-0.2, 0) is 5.41 Å². The van der Waals surface area contributed by atoms with Crippen LogP contribution in [0.25, 0.3) is 11.0 Å². The van der Waals surface area contributed by atoms with Crippen molar-refractivity contribution in [1.29, 1.82) is 0 Å². The molecule has 2 aromatic rings. The summed E-state index contributed by atoms with van der Waals surface area (Å²) >= 11 is 0. The second-order valence-corrected chi connectivity index (χ2v) is 7.02. The van der Waals surface area contributed by atoms with Crippen molar-refractivity contribution in [3.63, 3.8) is 0 Å². The number of nitrogens with zero attached hydrogens (tertiary/aromatic N) is 2. The maximum Gasteiger partial charge on any atom is 0.115 e. The Morgan fingerprint density at radius 2 is 1.90 bits per heavy atom. The SMILES string of the molecule is CCC(C(C)C)n1c(C(C)(C)C)nc2cc(N)ccc21. The standard InChI is InChI=1S/C17H27N3/c1-7-14(11(2)3)20-15-9-8-12(18)10-13(15)19-16(20)17(4,5)6/h8-11,14H,7,18H2,1-6H3. The third kappa shape index (κ3) is 2.54. The molecule has 20 heavy (non-hydrogen) atoms. The number of imidazole rings is 1. The second-order valence-electron chi connectivity index (χ2n) is 7.02. The van der Waals surface area contributed by atoms with E-state index in [9.17, 15) is 0 Å². The predicted molar refractivity (Wildman–Crippen MR) is 87.0 cm³/mol. The van der Waals surface area contributed by atoms with Gasteiger partial charge in [0.2, 0.25) is 0 Å². The molecule has 1 aromatic heterocycles. The zero-order valence-corrected chi connectivity index (χ0v) is 13.6. The van der Waals surface area contributed by atoms with Crippen molar-refractivity contribution in [1.82, 2.24) is 9.55 Å². The molecule has 0 aliphatic carbocycles. The van der Waals surface area contributed by atoms with Crippen molar-refractivity contribution >= 4 is 16.7 Å². The van der Waals surface area contributed by atoms with Crippen LogP contribution in [0.1, 0.15) is 59.8 Å². The predicted octanol–water partition coefficient (Wildman–Crippen LogP) is 4.52. The Balaban J connectivity index is 2.77. The van der Waals surface area contributed by atoms with Crippen LogP contribution in [0.3, 0.4) is 0 Å². The maximum atomic E-state index is 5.91. The summed E-state index contributed by atoms with van der Waals surface area (Å²) in [5.41, 5.74) is 8.92. The van der Waals surface area contributed by atoms with Gasteiger partial charge in [-0.2, -0.15) is 0 Å². The van der Waals surface area contributed by atoms with Crippen molar-refractivity contribution in [2.75, 3.05) is 5.73 Å². The van der Waals surface area contributed by atoms with E-state index < -0.39 is 0 Å². The molecule has 0 saturated carbocycles. The first-order valence-corrected chi connectivity index (χ1v) is 7.53. The largest absolute Gasteiger partial charge is 0.399 e. The highest BCUT2D eigenvalue weighted by atomic mass is 15.1. The zero-order chi connectivity index (χ0) is 15.1. The second kappa shape index (κ2) is 5.12. The number of rotatable bonds is 3. The van der Waals surface area contributed by atoms with E-state index in [1.54, 1.807) is 0 Å². The highest BCUT2D eigenvalue weighted by Gasteiger charge is 2.27. The fourth-order valence-electron chi connectivity index (χ4n) is 2.93. The summed E-state index contributed by atoms with van der Waals surface area (Å²) in [5.74, 6) is 1.73. The van der Waals surface area contributed by atoms with Gasteiger partial charge in [-0.25, -0.2) is 4.98 Å². The van der Waals surface area contributed by atoms with Crippen molar-refractivity contribution < 1.29 is 0 Å². The lowest BCUT2D eigenvalue weighted by Gasteiger charge is -2.28. The van der Waals surface area contributed by atoms with Crippen LogP contribution >= 0.6 is 0 Å². The number of anilines is 1. The lowest BCUT2D eigenvalue weighted by atomic mass is 9.93. The van der Waals surface area contributed by atoms with E-state index in [-0.39, 0.29) is 5.41 Å². The molecule has 0 aliphatic rings. The summed E-state index contributed by atoms with van der Waals surface area (Å²) < 4.78 is 2.43. The first-order chi connectivity index (χ1) is 9.25. The van der Waals surface area contributed by atoms with Gasteiger partial charge < -0.3 is 10.3 Å². The van der Waals surface area contributed by atoms with Crippen LogP contribution in [0, 0.1) is 5.92 Å². The van der Waals surface area contributed by atoms with Crippen LogP contribution in [-0.4, -0.2) is 9.55 Å². The van der Waals surface area contributed by atoms with E-state index in [1.165, 1.54) is 5.52 Å². The summed E-state index contributed by atoms with van der Waals surface area (Å²) in [6.07, 6.45) is 1.11. The molecule has 3 nitrogen and oxygen atoms in total. The molecule has 1 atom stereocenters. The number of fused-ring (bicyclic) bond motifs is 1. The number of hydrogen-bond donors (Lipinski definition) is 1. The van der Waals surface area contributed by atoms with E-state index in [0.717, 1.165) is 23.4 Å². The molecule has 2 rings (SSSR count). The fourth-order valence-corrected chi connectivity index (χ4v) is 2.93. The summed E-state index contributed by atoms with van der Waals surface area (Å²) in [5, 5.41) is 0. The Labute approximate surface area is 122 Å². The molecule has 3 heteroatoms. The van der Waals surface area contributed by atoms with Crippen LogP contribution < -0.4 is 5.73 Å². The van der Waals surface area contributed by atoms with E-state index in [0.29, 0.717) is 12.0 Å². The highest BCUT2D eigenvalue weighted by molar-refractivity contribution is 5.80. The fraction of sp³-hybridized carbons (Fsp3) is 0.588. The Morgan fingerprint density at radius 1 is 1.25 bits per heavy atom. The van der Waals surface area contributed by atoms with Gasteiger partial charge in [-0.3, -0.25) is 0 Å². The average Bonchev–Trinajstić information content (AvgIpc) is 2.68. The normalized spacial score (nSPS) is 14.2. The first kappa shape index (κ1) is 14.9. The van der Waals surface area contributed by atoms with Gasteiger partial charge in [0.1, 0.15) is 5.82 Å². The molecule has 1 unspecified atom stereocenters. The van der Waals surface area contributed by atoms with Crippen molar-refractivity contribution in [3.8, 4) is 0 Å². The quantitative estimate of drug-likeness (QED) is 0.835. The van der Waals surface area contributed by atoms with E-state index >= 15 is 0 Å². The summed E-state index contributed by atoms with van der Waals surface area (Å²) in [6, 6.07) is 6.53. The van der Waals surface area contributed by atoms with Crippen LogP contribution in [0.4, 0.5) is 5.69 Å². The van der Waals surface area contributed by atoms with Crippen molar-refractivity contribution in [3.05, 3.63) is 24.0 Å². The first-order valence-electron chi connectivity index (χ1n) is 7.53. The van der Waals surface area contributed by atoms with Gasteiger partial charge in [-0.15, -0.1) is 0 Å². The number of nitrogen functional groups attached to an aromatic ring is 1. The molecule has 110 valence electrons. The van der Waals surface area contributed by atoms with Gasteiger partial charge in [0.05, 0.1) is 11.0 Å². The van der Waals surface area contributed by atoms with Crippen molar-refractivity contribution in [2.24, 2.45) is 5.92 Å². The summed E-state index contributed by atoms with van der Waals surface area (Å²) in [6.45, 7) is 13.5. The van der Waals surface area contributed by atoms with Gasteiger partial charge >= 0.3 is 0 Å². The Kier molecular flexibility index (Phi) is 3.81. The molecule has 0 fully saturated rings. The smallest absolute Gasteiger partial charge is 0.115 e. The molecule has 0 radical (unpaired) electrons. The highest BCUT2D eigenvalue weighted by Crippen LogP contribution is 2.34. The number of hydrogen-bond acceptors (Lipinski definition) is 2. The third-order valence-electron chi connectivity index (χ3n) is 3.90. The molecule has 0 amide bonds. The summed E-state index contributed by atoms with van der Waals surface area (Å²) in [7, 11) is 0. The average molecular weight is 273 g/mol. The number of nitrogens with two attached hydrogens (primary N) is 1. The molecular formula is C17H27N3. The monoisotopic (exact) mass is 273 g/mol. The third-order valence-corrected chi connectivity index (χ3v) is 3.90. The molecule has 2 N–H and O–H groups in total. The number of aromatic nitrogens is 2. The van der Waals surface area contributed by atoms with Crippen molar-refractivity contribution in [2.45, 2.75) is 59.4 Å². The lowest BCUT2D eigenvalue weighted by Crippen LogP contribution is -2.24. The zero-order valence-electron chi connectivity index (χ0n) is 13.6. The maximum absolute atomic E-state index is 5.91. The van der Waals surface area contributed by atoms with E-state index in [4.69, 9.17) is 10.7 Å². The van der Waals surface area contributed by atoms with Gasteiger partial charge in [0.15, 0.2) is 0 Å². The Morgan fingerprint density at radius 3 is 2.40 bits per heavy atom. The molecule has 0 aliphatic heterocycles. The minimum atomic E-state index is 0.0239. The number of benzene rings is 1. The van der Waals surface area contributed by atoms with Gasteiger partial charge in [0.25, 0.3) is 0 Å². The minimum absolute atomic E-state index is 0.0239. The van der Waals surface area contributed by atoms with Gasteiger partial charge in [0, 0.05) is 17.1 Å². The van der Waals surface area contributed by atoms with Crippen LogP contribution in [0.2, 0.25) is 0 Å². The summed E-state index contributed by atoms with van der Waals surface area (Å²) in [4.78, 5) is 4.88. The lowest BCUT2D eigenvalue weighted by molar-refractivity contribution is 0.345. The molecule has 0 spiro atoms. The molecule has 1 aromatic carbocycles. The van der Waals surface area contributed by atoms with Gasteiger partial charge in [-0.05, 0) is 30.5 Å². The Hall–Kier alpha value is -1.51. The molecule has 0 bridgehead atoms. The van der Waals surface area contributed by atoms with Crippen LogP contribution in [0.5, 0.6) is 0 Å². The van der Waals surface area contributed by atoms with E-state index in [2.05, 4.69) is 52.2 Å². The topological polar surface area (TPSA) is 43.8 Å². The molecular weight excluding hydrogens is 246 g/mol. The minimum Gasteiger partial charge on any atom is -0.399 e. The van der Waals surface area contributed by atoms with Crippen LogP contribution in [0.15, 0.2) is 18.2 Å². The molecule has 0 saturated heterocycles. The van der Waals surface area contributed by atoms with E-state index in [1.807, 2.05) is 12.1 Å². The van der Waals surface area contributed by atoms with Gasteiger partial charge in [-0.1, -0.05) is 41.5 Å². The molecule has 1 heterocycles.